The lowest BCUT2D eigenvalue weighted by Crippen LogP contribution is -2.41. The molecule has 1 unspecified atom stereocenters. The number of allylic oxidation sites excluding steroid dienone is 3. The summed E-state index contributed by atoms with van der Waals surface area (Å²) < 4.78 is 5.95. The molecule has 0 fully saturated rings. The maximum Gasteiger partial charge on any atom is 0.309 e. The van der Waals surface area contributed by atoms with Crippen LogP contribution in [0.15, 0.2) is 23.8 Å². The normalized spacial score (nSPS) is 30.6. The summed E-state index contributed by atoms with van der Waals surface area (Å²) in [5.74, 6) is -1.00. The highest BCUT2D eigenvalue weighted by Gasteiger charge is 2.41. The average Bonchev–Trinajstić information content (AvgIpc) is 2.66. The zero-order chi connectivity index (χ0) is 23.1. The van der Waals surface area contributed by atoms with Gasteiger partial charge in [-0.05, 0) is 55.4 Å². The molecule has 0 aliphatic heterocycles. The van der Waals surface area contributed by atoms with Gasteiger partial charge in [0.25, 0.3) is 0 Å². The lowest BCUT2D eigenvalue weighted by atomic mass is 9.65. The summed E-state index contributed by atoms with van der Waals surface area (Å²) in [6.45, 7) is 5.94. The first-order valence-electron chi connectivity index (χ1n) is 11.4. The van der Waals surface area contributed by atoms with E-state index in [4.69, 9.17) is 14.9 Å². The van der Waals surface area contributed by atoms with E-state index in [0.717, 1.165) is 12.0 Å². The Kier molecular flexibility index (Phi) is 9.72. The van der Waals surface area contributed by atoms with Crippen molar-refractivity contribution in [2.45, 2.75) is 77.6 Å². The van der Waals surface area contributed by atoms with E-state index in [1.807, 2.05) is 0 Å². The van der Waals surface area contributed by atoms with Crippen molar-refractivity contribution in [3.8, 4) is 0 Å². The van der Waals surface area contributed by atoms with Crippen molar-refractivity contribution in [2.24, 2.45) is 29.6 Å². The van der Waals surface area contributed by atoms with Crippen LogP contribution in [0.1, 0.15) is 59.3 Å². The Hall–Kier alpha value is -1.70. The number of aliphatic carboxylic acids is 1. The number of rotatable bonds is 11. The Bertz CT molecular complexity index is 671. The van der Waals surface area contributed by atoms with Crippen LogP contribution in [-0.2, 0) is 14.3 Å². The molecule has 2 aliphatic carbocycles. The lowest BCUT2D eigenvalue weighted by molar-refractivity contribution is -0.159. The van der Waals surface area contributed by atoms with Crippen LogP contribution in [-0.4, -0.2) is 57.3 Å². The molecule has 31 heavy (non-hydrogen) atoms. The number of fused-ring (bicyclic) bond motifs is 1. The molecule has 0 spiro atoms. The zero-order valence-electron chi connectivity index (χ0n) is 18.8. The van der Waals surface area contributed by atoms with Crippen LogP contribution in [0.5, 0.6) is 0 Å². The first-order valence-corrected chi connectivity index (χ1v) is 11.4. The Balaban J connectivity index is 2.09. The molecule has 0 amide bonds. The third kappa shape index (κ3) is 7.44. The summed E-state index contributed by atoms with van der Waals surface area (Å²) in [6.07, 6.45) is 6.30. The second-order valence-electron chi connectivity index (χ2n) is 9.39. The number of hydrogen-bond donors (Lipinski definition) is 4. The van der Waals surface area contributed by atoms with Gasteiger partial charge in [-0.2, -0.15) is 0 Å². The standard InChI is InChI=1S/C24H38O7/c1-14-10-17-5-4-15(2)20(7-6-18(26)12-19(27)13-22(28)29)23(17)21(11-14)31-24(30)16(3)8-9-25/h4-5,10,14-16,18-21,23,25-27H,6-9,11-13H2,1-3H3,(H,28,29)/t14-,15-,16-,18+,19+,20?,21-,23-/m0/s1. The van der Waals surface area contributed by atoms with E-state index < -0.39 is 18.2 Å². The fourth-order valence-electron chi connectivity index (χ4n) is 4.90. The van der Waals surface area contributed by atoms with Gasteiger partial charge in [-0.1, -0.05) is 39.0 Å². The predicted octanol–water partition coefficient (Wildman–Crippen LogP) is 2.69. The average molecular weight is 439 g/mol. The second-order valence-corrected chi connectivity index (χ2v) is 9.39. The molecule has 0 saturated carbocycles. The number of aliphatic hydroxyl groups is 3. The Morgan fingerprint density at radius 3 is 2.55 bits per heavy atom. The molecule has 7 heteroatoms. The molecular formula is C24H38O7. The smallest absolute Gasteiger partial charge is 0.309 e. The minimum atomic E-state index is -1.09. The van der Waals surface area contributed by atoms with Gasteiger partial charge in [0.1, 0.15) is 6.10 Å². The number of ether oxygens (including phenoxy) is 1. The third-order valence-electron chi connectivity index (χ3n) is 6.61. The van der Waals surface area contributed by atoms with Crippen molar-refractivity contribution >= 4 is 11.9 Å². The number of hydrogen-bond acceptors (Lipinski definition) is 6. The Morgan fingerprint density at radius 2 is 1.90 bits per heavy atom. The number of carbonyl (C=O) groups excluding carboxylic acids is 1. The summed E-state index contributed by atoms with van der Waals surface area (Å²) in [5, 5.41) is 38.0. The minimum absolute atomic E-state index is 0.0325. The number of carboxylic acid groups (broad SMARTS) is 1. The van der Waals surface area contributed by atoms with Crippen LogP contribution in [0.3, 0.4) is 0 Å². The highest BCUT2D eigenvalue weighted by molar-refractivity contribution is 5.72. The molecule has 2 aliphatic rings. The summed E-state index contributed by atoms with van der Waals surface area (Å²) >= 11 is 0. The van der Waals surface area contributed by atoms with Crippen LogP contribution in [0.4, 0.5) is 0 Å². The number of aliphatic hydroxyl groups excluding tert-OH is 3. The highest BCUT2D eigenvalue weighted by atomic mass is 16.5. The van der Waals surface area contributed by atoms with Crippen molar-refractivity contribution in [1.29, 1.82) is 0 Å². The third-order valence-corrected chi connectivity index (χ3v) is 6.61. The molecular weight excluding hydrogens is 400 g/mol. The van der Waals surface area contributed by atoms with Gasteiger partial charge in [-0.15, -0.1) is 0 Å². The topological polar surface area (TPSA) is 124 Å². The number of carbonyl (C=O) groups is 2. The van der Waals surface area contributed by atoms with E-state index in [-0.39, 0.29) is 61.1 Å². The van der Waals surface area contributed by atoms with Gasteiger partial charge in [-0.3, -0.25) is 9.59 Å². The fraction of sp³-hybridized carbons (Fsp3) is 0.750. The molecule has 2 rings (SSSR count). The molecule has 0 aromatic heterocycles. The van der Waals surface area contributed by atoms with Gasteiger partial charge in [0, 0.05) is 12.5 Å². The molecule has 0 aromatic carbocycles. The molecule has 0 radical (unpaired) electrons. The van der Waals surface area contributed by atoms with Crippen molar-refractivity contribution < 1.29 is 34.8 Å². The minimum Gasteiger partial charge on any atom is -0.481 e. The van der Waals surface area contributed by atoms with E-state index in [0.29, 0.717) is 19.3 Å². The fourth-order valence-corrected chi connectivity index (χ4v) is 4.90. The summed E-state index contributed by atoms with van der Waals surface area (Å²) in [4.78, 5) is 23.3. The maximum atomic E-state index is 12.6. The summed E-state index contributed by atoms with van der Waals surface area (Å²) in [7, 11) is 0. The number of carboxylic acids is 1. The Morgan fingerprint density at radius 1 is 1.19 bits per heavy atom. The van der Waals surface area contributed by atoms with Crippen LogP contribution in [0, 0.1) is 29.6 Å². The second kappa shape index (κ2) is 11.8. The Labute approximate surface area is 184 Å². The number of esters is 1. The molecule has 8 atom stereocenters. The van der Waals surface area contributed by atoms with Crippen molar-refractivity contribution in [3.63, 3.8) is 0 Å². The summed E-state index contributed by atoms with van der Waals surface area (Å²) in [5.41, 5.74) is 1.16. The van der Waals surface area contributed by atoms with E-state index in [1.54, 1.807) is 6.92 Å². The van der Waals surface area contributed by atoms with E-state index in [9.17, 15) is 19.8 Å². The van der Waals surface area contributed by atoms with Crippen LogP contribution in [0.2, 0.25) is 0 Å². The lowest BCUT2D eigenvalue weighted by Gasteiger charge is -2.43. The molecule has 0 aromatic rings. The first-order chi connectivity index (χ1) is 14.6. The van der Waals surface area contributed by atoms with Gasteiger partial charge in [-0.25, -0.2) is 0 Å². The van der Waals surface area contributed by atoms with E-state index in [2.05, 4.69) is 32.1 Å². The predicted molar refractivity (Wildman–Crippen MR) is 116 cm³/mol. The van der Waals surface area contributed by atoms with Crippen molar-refractivity contribution in [3.05, 3.63) is 23.8 Å². The summed E-state index contributed by atoms with van der Waals surface area (Å²) in [6, 6.07) is 0. The van der Waals surface area contributed by atoms with Crippen molar-refractivity contribution in [2.75, 3.05) is 6.61 Å². The zero-order valence-corrected chi connectivity index (χ0v) is 18.8. The highest BCUT2D eigenvalue weighted by Crippen LogP contribution is 2.45. The van der Waals surface area contributed by atoms with Crippen LogP contribution >= 0.6 is 0 Å². The monoisotopic (exact) mass is 438 g/mol. The SMILES string of the molecule is C[C@H]1C=C2C=C[C@H](C)C(CC[C@@H](O)C[C@@H](O)CC(=O)O)[C@H]2[C@@H](OC(=O)[C@@H](C)CCO)C1. The first kappa shape index (κ1) is 25.6. The van der Waals surface area contributed by atoms with Crippen LogP contribution < -0.4 is 0 Å². The van der Waals surface area contributed by atoms with Gasteiger partial charge < -0.3 is 25.2 Å². The molecule has 0 heterocycles. The maximum absolute atomic E-state index is 12.6. The molecule has 7 nitrogen and oxygen atoms in total. The van der Waals surface area contributed by atoms with Gasteiger partial charge in [0.2, 0.25) is 0 Å². The largest absolute Gasteiger partial charge is 0.481 e. The molecule has 176 valence electrons. The van der Waals surface area contributed by atoms with Crippen LogP contribution in [0.25, 0.3) is 0 Å². The van der Waals surface area contributed by atoms with Gasteiger partial charge >= 0.3 is 11.9 Å². The molecule has 4 N–H and O–H groups in total. The van der Waals surface area contributed by atoms with E-state index in [1.165, 1.54) is 0 Å². The quantitative estimate of drug-likeness (QED) is 0.366. The van der Waals surface area contributed by atoms with Gasteiger partial charge in [0.15, 0.2) is 0 Å². The van der Waals surface area contributed by atoms with Gasteiger partial charge in [0.05, 0.1) is 24.5 Å². The molecule has 0 bridgehead atoms. The van der Waals surface area contributed by atoms with Crippen molar-refractivity contribution in [1.82, 2.24) is 0 Å². The van der Waals surface area contributed by atoms with E-state index >= 15 is 0 Å². The molecule has 0 saturated heterocycles.